The molecule has 2 atom stereocenters. The molecule has 1 aromatic rings. The second-order valence-corrected chi connectivity index (χ2v) is 4.38. The van der Waals surface area contributed by atoms with E-state index in [1.54, 1.807) is 19.1 Å². The molecule has 19 heavy (non-hydrogen) atoms. The van der Waals surface area contributed by atoms with Gasteiger partial charge in [0.15, 0.2) is 0 Å². The molecule has 1 amide bonds. The molecule has 0 radical (unpaired) electrons. The molecule has 2 unspecified atom stereocenters. The fourth-order valence-electron chi connectivity index (χ4n) is 1.89. The Labute approximate surface area is 114 Å². The van der Waals surface area contributed by atoms with E-state index in [-0.39, 0.29) is 18.4 Å². The Morgan fingerprint density at radius 3 is 2.74 bits per heavy atom. The van der Waals surface area contributed by atoms with Crippen LogP contribution in [0.25, 0.3) is 0 Å². The first-order valence-electron chi connectivity index (χ1n) is 6.11. The highest BCUT2D eigenvalue weighted by molar-refractivity contribution is 5.82. The number of rotatable bonds is 5. The van der Waals surface area contributed by atoms with E-state index in [0.717, 1.165) is 11.3 Å². The molecule has 0 saturated carbocycles. The quantitative estimate of drug-likeness (QED) is 0.817. The summed E-state index contributed by atoms with van der Waals surface area (Å²) in [5.41, 5.74) is 6.69. The van der Waals surface area contributed by atoms with Gasteiger partial charge >= 0.3 is 0 Å². The zero-order valence-corrected chi connectivity index (χ0v) is 11.6. The van der Waals surface area contributed by atoms with E-state index < -0.39 is 6.04 Å². The van der Waals surface area contributed by atoms with Crippen molar-refractivity contribution in [1.82, 2.24) is 4.90 Å². The highest BCUT2D eigenvalue weighted by Gasteiger charge is 2.23. The fourth-order valence-corrected chi connectivity index (χ4v) is 1.89. The van der Waals surface area contributed by atoms with Crippen LogP contribution in [0.5, 0.6) is 5.75 Å². The van der Waals surface area contributed by atoms with Gasteiger partial charge in [0.1, 0.15) is 5.75 Å². The Morgan fingerprint density at radius 1 is 1.53 bits per heavy atom. The molecule has 0 fully saturated rings. The third kappa shape index (κ3) is 3.49. The average Bonchev–Trinajstić information content (AvgIpc) is 2.45. The van der Waals surface area contributed by atoms with E-state index >= 15 is 0 Å². The lowest BCUT2D eigenvalue weighted by molar-refractivity contribution is -0.133. The third-order valence-electron chi connectivity index (χ3n) is 3.17. The fraction of sp³-hybridized carbons (Fsp3) is 0.400. The van der Waals surface area contributed by atoms with Gasteiger partial charge in [-0.3, -0.25) is 4.79 Å². The lowest BCUT2D eigenvalue weighted by atomic mass is 10.0. The minimum atomic E-state index is -0.660. The van der Waals surface area contributed by atoms with Crippen molar-refractivity contribution in [3.05, 3.63) is 29.8 Å². The normalized spacial score (nSPS) is 13.2. The van der Waals surface area contributed by atoms with Crippen molar-refractivity contribution in [2.45, 2.75) is 25.4 Å². The predicted octanol–water partition coefficient (Wildman–Crippen LogP) is 1.57. The largest absolute Gasteiger partial charge is 0.496 e. The highest BCUT2D eigenvalue weighted by atomic mass is 16.5. The maximum absolute atomic E-state index is 12.1. The molecule has 0 spiro atoms. The summed E-state index contributed by atoms with van der Waals surface area (Å²) in [6.07, 6.45) is 5.42. The Kier molecular flexibility index (Phi) is 5.40. The number of likely N-dealkylation sites (N-methyl/N-ethyl adjacent to an activating group) is 1. The van der Waals surface area contributed by atoms with Crippen molar-refractivity contribution in [2.75, 3.05) is 14.2 Å². The molecule has 4 nitrogen and oxygen atoms in total. The number of para-hydroxylation sites is 1. The Hall–Kier alpha value is -1.99. The number of carbonyl (C=O) groups excluding carboxylic acids is 1. The van der Waals surface area contributed by atoms with E-state index in [0.29, 0.717) is 0 Å². The summed E-state index contributed by atoms with van der Waals surface area (Å²) in [4.78, 5) is 13.7. The van der Waals surface area contributed by atoms with Gasteiger partial charge in [0.05, 0.1) is 19.2 Å². The molecule has 0 aliphatic rings. The zero-order chi connectivity index (χ0) is 14.4. The van der Waals surface area contributed by atoms with Gasteiger partial charge in [-0.1, -0.05) is 18.2 Å². The van der Waals surface area contributed by atoms with Gasteiger partial charge in [-0.15, -0.1) is 12.3 Å². The monoisotopic (exact) mass is 260 g/mol. The lowest BCUT2D eigenvalue weighted by Crippen LogP contribution is -2.42. The molecular formula is C15H20N2O2. The van der Waals surface area contributed by atoms with Crippen LogP contribution in [0.2, 0.25) is 0 Å². The van der Waals surface area contributed by atoms with E-state index in [9.17, 15) is 4.79 Å². The molecule has 102 valence electrons. The van der Waals surface area contributed by atoms with Crippen molar-refractivity contribution < 1.29 is 9.53 Å². The topological polar surface area (TPSA) is 55.6 Å². The van der Waals surface area contributed by atoms with Crippen LogP contribution < -0.4 is 10.5 Å². The molecule has 0 heterocycles. The molecule has 0 bridgehead atoms. The van der Waals surface area contributed by atoms with Crippen LogP contribution in [0.15, 0.2) is 24.3 Å². The van der Waals surface area contributed by atoms with Gasteiger partial charge in [0.2, 0.25) is 5.91 Å². The Morgan fingerprint density at radius 2 is 2.16 bits per heavy atom. The molecule has 1 rings (SSSR count). The van der Waals surface area contributed by atoms with E-state index in [1.165, 1.54) is 0 Å². The summed E-state index contributed by atoms with van der Waals surface area (Å²) in [6, 6.07) is 6.81. The van der Waals surface area contributed by atoms with E-state index in [1.807, 2.05) is 31.2 Å². The van der Waals surface area contributed by atoms with Crippen LogP contribution in [0.3, 0.4) is 0 Å². The minimum absolute atomic E-state index is 0.132. The summed E-state index contributed by atoms with van der Waals surface area (Å²) in [5.74, 6) is 2.99. The molecule has 1 aromatic carbocycles. The number of terminal acetylenes is 1. The van der Waals surface area contributed by atoms with Crippen LogP contribution in [0, 0.1) is 12.3 Å². The van der Waals surface area contributed by atoms with Crippen LogP contribution in [0.1, 0.15) is 24.9 Å². The number of nitrogens with two attached hydrogens (primary N) is 1. The standard InChI is InChI=1S/C15H20N2O2/c1-5-8-13(16)15(18)17(3)11(2)12-9-6-7-10-14(12)19-4/h1,6-7,9-11,13H,8,16H2,2-4H3. The number of benzene rings is 1. The number of methoxy groups -OCH3 is 1. The number of nitrogens with zero attached hydrogens (tertiary/aromatic N) is 1. The van der Waals surface area contributed by atoms with Crippen molar-refractivity contribution in [1.29, 1.82) is 0 Å². The van der Waals surface area contributed by atoms with Gasteiger partial charge < -0.3 is 15.4 Å². The Bertz CT molecular complexity index is 479. The number of hydrogen-bond acceptors (Lipinski definition) is 3. The molecule has 0 saturated heterocycles. The van der Waals surface area contributed by atoms with E-state index in [2.05, 4.69) is 5.92 Å². The van der Waals surface area contributed by atoms with Crippen LogP contribution in [-0.4, -0.2) is 31.0 Å². The third-order valence-corrected chi connectivity index (χ3v) is 3.17. The summed E-state index contributed by atoms with van der Waals surface area (Å²) in [6.45, 7) is 1.93. The van der Waals surface area contributed by atoms with Gasteiger partial charge in [-0.25, -0.2) is 0 Å². The van der Waals surface area contributed by atoms with Gasteiger partial charge in [-0.05, 0) is 13.0 Å². The second kappa shape index (κ2) is 6.81. The molecule has 0 aliphatic heterocycles. The lowest BCUT2D eigenvalue weighted by Gasteiger charge is -2.28. The van der Waals surface area contributed by atoms with Gasteiger partial charge in [0, 0.05) is 19.0 Å². The summed E-state index contributed by atoms with van der Waals surface area (Å²) < 4.78 is 5.30. The molecule has 4 heteroatoms. The van der Waals surface area contributed by atoms with Crippen LogP contribution in [-0.2, 0) is 4.79 Å². The maximum atomic E-state index is 12.1. The average molecular weight is 260 g/mol. The first-order valence-corrected chi connectivity index (χ1v) is 6.11. The molecule has 0 aliphatic carbocycles. The summed E-state index contributed by atoms with van der Waals surface area (Å²) in [5, 5.41) is 0. The van der Waals surface area contributed by atoms with Gasteiger partial charge in [0.25, 0.3) is 0 Å². The van der Waals surface area contributed by atoms with Crippen molar-refractivity contribution in [3.63, 3.8) is 0 Å². The molecular weight excluding hydrogens is 240 g/mol. The SMILES string of the molecule is C#CCC(N)C(=O)N(C)C(C)c1ccccc1OC. The van der Waals surface area contributed by atoms with Crippen molar-refractivity contribution in [2.24, 2.45) is 5.73 Å². The molecule has 2 N–H and O–H groups in total. The van der Waals surface area contributed by atoms with Gasteiger partial charge in [-0.2, -0.15) is 0 Å². The zero-order valence-electron chi connectivity index (χ0n) is 11.6. The van der Waals surface area contributed by atoms with Crippen molar-refractivity contribution in [3.8, 4) is 18.1 Å². The number of carbonyl (C=O) groups is 1. The first kappa shape index (κ1) is 15.1. The number of amides is 1. The minimum Gasteiger partial charge on any atom is -0.496 e. The summed E-state index contributed by atoms with van der Waals surface area (Å²) >= 11 is 0. The van der Waals surface area contributed by atoms with Crippen LogP contribution in [0.4, 0.5) is 0 Å². The van der Waals surface area contributed by atoms with Crippen LogP contribution >= 0.6 is 0 Å². The maximum Gasteiger partial charge on any atom is 0.240 e. The number of hydrogen-bond donors (Lipinski definition) is 1. The first-order chi connectivity index (χ1) is 9.02. The highest BCUT2D eigenvalue weighted by Crippen LogP contribution is 2.28. The Balaban J connectivity index is 2.90. The predicted molar refractivity (Wildman–Crippen MR) is 75.6 cm³/mol. The molecule has 0 aromatic heterocycles. The summed E-state index contributed by atoms with van der Waals surface area (Å²) in [7, 11) is 3.33. The number of ether oxygens (including phenoxy) is 1. The smallest absolute Gasteiger partial charge is 0.240 e. The second-order valence-electron chi connectivity index (χ2n) is 4.38. The van der Waals surface area contributed by atoms with E-state index in [4.69, 9.17) is 16.9 Å². The van der Waals surface area contributed by atoms with Crippen molar-refractivity contribution >= 4 is 5.91 Å².